The Morgan fingerprint density at radius 3 is 3.18 bits per heavy atom. The molecule has 1 saturated heterocycles. The van der Waals surface area contributed by atoms with E-state index in [-0.39, 0.29) is 6.10 Å². The summed E-state index contributed by atoms with van der Waals surface area (Å²) in [7, 11) is 0. The Labute approximate surface area is 98.8 Å². The third kappa shape index (κ3) is 2.34. The summed E-state index contributed by atoms with van der Waals surface area (Å²) in [6, 6.07) is 3.89. The van der Waals surface area contributed by atoms with Gasteiger partial charge in [0.2, 0.25) is 0 Å². The van der Waals surface area contributed by atoms with Crippen LogP contribution in [0, 0.1) is 0 Å². The first kappa shape index (κ1) is 10.4. The predicted molar refractivity (Wildman–Crippen MR) is 59.3 cm³/mol. The number of hydrogen-bond donors (Lipinski definition) is 0. The zero-order chi connectivity index (χ0) is 11.5. The molecular weight excluding hydrogens is 218 g/mol. The molecule has 0 spiro atoms. The van der Waals surface area contributed by atoms with Crippen LogP contribution in [0.4, 0.5) is 0 Å². The maximum atomic E-state index is 5.49. The molecule has 1 fully saturated rings. The molecule has 3 rings (SSSR count). The highest BCUT2D eigenvalue weighted by atomic mass is 16.5. The quantitative estimate of drug-likeness (QED) is 0.807. The fourth-order valence-electron chi connectivity index (χ4n) is 1.93. The molecule has 0 aliphatic carbocycles. The molecule has 88 valence electrons. The van der Waals surface area contributed by atoms with E-state index >= 15 is 0 Å². The van der Waals surface area contributed by atoms with Crippen molar-refractivity contribution in [3.05, 3.63) is 41.8 Å². The van der Waals surface area contributed by atoms with E-state index < -0.39 is 0 Å². The second kappa shape index (κ2) is 4.63. The second-order valence-electron chi connectivity index (χ2n) is 4.09. The van der Waals surface area contributed by atoms with E-state index in [1.807, 2.05) is 18.3 Å². The van der Waals surface area contributed by atoms with Crippen LogP contribution in [0.25, 0.3) is 0 Å². The van der Waals surface area contributed by atoms with Crippen LogP contribution < -0.4 is 0 Å². The molecule has 2 aromatic rings. The summed E-state index contributed by atoms with van der Waals surface area (Å²) >= 11 is 0. The fraction of sp³-hybridized carbons (Fsp3) is 0.417. The average molecular weight is 231 g/mol. The van der Waals surface area contributed by atoms with Gasteiger partial charge in [-0.25, -0.2) is 0 Å². The summed E-state index contributed by atoms with van der Waals surface area (Å²) < 4.78 is 10.7. The molecule has 0 saturated carbocycles. The summed E-state index contributed by atoms with van der Waals surface area (Å²) in [5, 5.41) is 3.96. The average Bonchev–Trinajstić information content (AvgIpc) is 3.00. The smallest absolute Gasteiger partial charge is 0.255 e. The number of nitrogens with zero attached hydrogens (tertiary/aromatic N) is 3. The predicted octanol–water partition coefficient (Wildman–Crippen LogP) is 1.91. The molecular formula is C12H13N3O2. The van der Waals surface area contributed by atoms with E-state index in [0.29, 0.717) is 18.1 Å². The minimum Gasteiger partial charge on any atom is -0.368 e. The summed E-state index contributed by atoms with van der Waals surface area (Å²) in [5.74, 6) is 1.28. The lowest BCUT2D eigenvalue weighted by atomic mass is 10.2. The molecule has 0 N–H and O–H groups in total. The van der Waals surface area contributed by atoms with Crippen molar-refractivity contribution in [3.63, 3.8) is 0 Å². The first-order valence-corrected chi connectivity index (χ1v) is 5.75. The first-order valence-electron chi connectivity index (χ1n) is 5.75. The summed E-state index contributed by atoms with van der Waals surface area (Å²) in [6.45, 7) is 0.783. The molecule has 0 radical (unpaired) electrons. The molecule has 0 amide bonds. The first-order chi connectivity index (χ1) is 8.42. The Bertz CT molecular complexity index is 478. The van der Waals surface area contributed by atoms with Crippen LogP contribution in [-0.2, 0) is 11.2 Å². The van der Waals surface area contributed by atoms with E-state index in [2.05, 4.69) is 15.1 Å². The number of rotatable bonds is 3. The zero-order valence-electron chi connectivity index (χ0n) is 9.37. The molecule has 1 aliphatic heterocycles. The minimum absolute atomic E-state index is 0.00912. The topological polar surface area (TPSA) is 61.0 Å². The largest absolute Gasteiger partial charge is 0.368 e. The van der Waals surface area contributed by atoms with Gasteiger partial charge in [0.05, 0.1) is 0 Å². The molecule has 2 aromatic heterocycles. The SMILES string of the molecule is c1cncc(Cc2noc(C3CCCO3)n2)c1. The molecule has 1 aliphatic rings. The summed E-state index contributed by atoms with van der Waals surface area (Å²) in [4.78, 5) is 8.41. The molecule has 0 bridgehead atoms. The van der Waals surface area contributed by atoms with Gasteiger partial charge in [-0.2, -0.15) is 4.98 Å². The molecule has 5 heteroatoms. The van der Waals surface area contributed by atoms with Gasteiger partial charge in [-0.15, -0.1) is 0 Å². The second-order valence-corrected chi connectivity index (χ2v) is 4.09. The van der Waals surface area contributed by atoms with Gasteiger partial charge in [-0.05, 0) is 24.5 Å². The van der Waals surface area contributed by atoms with E-state index in [0.717, 1.165) is 25.0 Å². The highest BCUT2D eigenvalue weighted by molar-refractivity contribution is 5.13. The van der Waals surface area contributed by atoms with E-state index in [1.54, 1.807) is 6.20 Å². The molecule has 5 nitrogen and oxygen atoms in total. The number of pyridine rings is 1. The van der Waals surface area contributed by atoms with Gasteiger partial charge in [0.1, 0.15) is 6.10 Å². The van der Waals surface area contributed by atoms with Crippen molar-refractivity contribution >= 4 is 0 Å². The van der Waals surface area contributed by atoms with Crippen LogP contribution >= 0.6 is 0 Å². The van der Waals surface area contributed by atoms with Crippen LogP contribution in [0.1, 0.15) is 36.2 Å². The lowest BCUT2D eigenvalue weighted by Gasteiger charge is -2.00. The van der Waals surface area contributed by atoms with Crippen molar-refractivity contribution < 1.29 is 9.26 Å². The Morgan fingerprint density at radius 2 is 2.41 bits per heavy atom. The van der Waals surface area contributed by atoms with E-state index in [9.17, 15) is 0 Å². The van der Waals surface area contributed by atoms with Crippen LogP contribution in [0.2, 0.25) is 0 Å². The van der Waals surface area contributed by atoms with Crippen LogP contribution in [0.5, 0.6) is 0 Å². The van der Waals surface area contributed by atoms with Gasteiger partial charge in [-0.1, -0.05) is 11.2 Å². The summed E-state index contributed by atoms with van der Waals surface area (Å²) in [6.07, 6.45) is 6.22. The Balaban J connectivity index is 1.72. The highest BCUT2D eigenvalue weighted by Gasteiger charge is 2.23. The number of ether oxygens (including phenoxy) is 1. The van der Waals surface area contributed by atoms with Crippen molar-refractivity contribution in [3.8, 4) is 0 Å². The lowest BCUT2D eigenvalue weighted by molar-refractivity contribution is 0.0835. The number of aromatic nitrogens is 3. The molecule has 17 heavy (non-hydrogen) atoms. The lowest BCUT2D eigenvalue weighted by Crippen LogP contribution is -1.97. The van der Waals surface area contributed by atoms with Crippen molar-refractivity contribution in [1.82, 2.24) is 15.1 Å². The van der Waals surface area contributed by atoms with Crippen molar-refractivity contribution in [2.75, 3.05) is 6.61 Å². The van der Waals surface area contributed by atoms with Crippen molar-refractivity contribution in [2.24, 2.45) is 0 Å². The van der Waals surface area contributed by atoms with Gasteiger partial charge < -0.3 is 9.26 Å². The van der Waals surface area contributed by atoms with Gasteiger partial charge in [0, 0.05) is 25.4 Å². The monoisotopic (exact) mass is 231 g/mol. The maximum absolute atomic E-state index is 5.49. The Hall–Kier alpha value is -1.75. The Morgan fingerprint density at radius 1 is 1.41 bits per heavy atom. The standard InChI is InChI=1S/C12H13N3O2/c1-3-9(8-13-5-1)7-11-14-12(17-15-11)10-4-2-6-16-10/h1,3,5,8,10H,2,4,6-7H2. The highest BCUT2D eigenvalue weighted by Crippen LogP contribution is 2.27. The molecule has 3 heterocycles. The van der Waals surface area contributed by atoms with Gasteiger partial charge in [0.15, 0.2) is 5.82 Å². The van der Waals surface area contributed by atoms with Crippen LogP contribution in [0.15, 0.2) is 29.0 Å². The zero-order valence-corrected chi connectivity index (χ0v) is 9.37. The molecule has 1 atom stereocenters. The van der Waals surface area contributed by atoms with E-state index in [1.165, 1.54) is 0 Å². The summed E-state index contributed by atoms with van der Waals surface area (Å²) in [5.41, 5.74) is 1.08. The van der Waals surface area contributed by atoms with Crippen LogP contribution in [0.3, 0.4) is 0 Å². The Kier molecular flexibility index (Phi) is 2.83. The van der Waals surface area contributed by atoms with Crippen molar-refractivity contribution in [1.29, 1.82) is 0 Å². The van der Waals surface area contributed by atoms with Crippen molar-refractivity contribution in [2.45, 2.75) is 25.4 Å². The van der Waals surface area contributed by atoms with Gasteiger partial charge in [0.25, 0.3) is 5.89 Å². The van der Waals surface area contributed by atoms with Crippen LogP contribution in [-0.4, -0.2) is 21.7 Å². The number of hydrogen-bond acceptors (Lipinski definition) is 5. The van der Waals surface area contributed by atoms with Gasteiger partial charge in [-0.3, -0.25) is 4.98 Å². The third-order valence-corrected chi connectivity index (χ3v) is 2.77. The minimum atomic E-state index is -0.00912. The molecule has 0 aromatic carbocycles. The normalized spacial score (nSPS) is 19.6. The van der Waals surface area contributed by atoms with E-state index in [4.69, 9.17) is 9.26 Å². The fourth-order valence-corrected chi connectivity index (χ4v) is 1.93. The van der Waals surface area contributed by atoms with Gasteiger partial charge >= 0.3 is 0 Å². The third-order valence-electron chi connectivity index (χ3n) is 2.77. The molecule has 1 unspecified atom stereocenters. The maximum Gasteiger partial charge on any atom is 0.255 e.